The first-order valence-electron chi connectivity index (χ1n) is 8.51. The zero-order valence-electron chi connectivity index (χ0n) is 13.9. The molecule has 0 aliphatic heterocycles. The highest BCUT2D eigenvalue weighted by molar-refractivity contribution is 5.83. The minimum Gasteiger partial charge on any atom is -0.353 e. The van der Waals surface area contributed by atoms with Gasteiger partial charge in [-0.25, -0.2) is 0 Å². The number of amides is 1. The molecule has 20 heavy (non-hydrogen) atoms. The lowest BCUT2D eigenvalue weighted by Gasteiger charge is -2.38. The summed E-state index contributed by atoms with van der Waals surface area (Å²) in [4.78, 5) is 12.8. The average Bonchev–Trinajstić information content (AvgIpc) is 2.43. The molecular weight excluding hydrogens is 248 g/mol. The predicted octanol–water partition coefficient (Wildman–Crippen LogP) is 3.47. The normalized spacial score (nSPS) is 27.4. The van der Waals surface area contributed by atoms with Crippen LogP contribution in [0.4, 0.5) is 0 Å². The van der Waals surface area contributed by atoms with E-state index >= 15 is 0 Å². The third-order valence-corrected chi connectivity index (χ3v) is 5.35. The van der Waals surface area contributed by atoms with Crippen molar-refractivity contribution >= 4 is 5.91 Å². The number of nitrogens with one attached hydrogen (secondary N) is 1. The molecule has 1 aliphatic rings. The Balaban J connectivity index is 2.74. The molecule has 0 aromatic carbocycles. The fraction of sp³-hybridized carbons (Fsp3) is 0.941. The van der Waals surface area contributed by atoms with Crippen molar-refractivity contribution in [1.29, 1.82) is 0 Å². The van der Waals surface area contributed by atoms with Gasteiger partial charge < -0.3 is 11.1 Å². The number of hydrogen-bond donors (Lipinski definition) is 2. The van der Waals surface area contributed by atoms with E-state index < -0.39 is 0 Å². The van der Waals surface area contributed by atoms with Crippen molar-refractivity contribution in [3.63, 3.8) is 0 Å². The zero-order valence-corrected chi connectivity index (χ0v) is 13.9. The summed E-state index contributed by atoms with van der Waals surface area (Å²) in [7, 11) is 0. The summed E-state index contributed by atoms with van der Waals surface area (Å²) in [6.07, 6.45) is 7.48. The van der Waals surface area contributed by atoms with E-state index in [4.69, 9.17) is 5.73 Å². The lowest BCUT2D eigenvalue weighted by molar-refractivity contribution is -0.133. The van der Waals surface area contributed by atoms with Crippen molar-refractivity contribution in [2.24, 2.45) is 23.0 Å². The topological polar surface area (TPSA) is 55.1 Å². The number of hydrogen-bond acceptors (Lipinski definition) is 2. The van der Waals surface area contributed by atoms with Gasteiger partial charge in [0.2, 0.25) is 5.91 Å². The summed E-state index contributed by atoms with van der Waals surface area (Å²) in [6, 6.07) is 0.339. The highest BCUT2D eigenvalue weighted by Crippen LogP contribution is 2.33. The summed E-state index contributed by atoms with van der Waals surface area (Å²) in [5.41, 5.74) is 5.64. The minimum absolute atomic E-state index is 0.203. The van der Waals surface area contributed by atoms with Gasteiger partial charge in [0.15, 0.2) is 0 Å². The van der Waals surface area contributed by atoms with E-state index in [0.29, 0.717) is 24.4 Å². The third-order valence-electron chi connectivity index (χ3n) is 5.35. The molecule has 0 aromatic rings. The van der Waals surface area contributed by atoms with Gasteiger partial charge in [0.25, 0.3) is 0 Å². The molecule has 0 bridgehead atoms. The first-order valence-corrected chi connectivity index (χ1v) is 8.51. The zero-order chi connectivity index (χ0) is 15.2. The van der Waals surface area contributed by atoms with Crippen LogP contribution in [0.2, 0.25) is 0 Å². The maximum atomic E-state index is 12.8. The molecule has 0 heterocycles. The summed E-state index contributed by atoms with van der Waals surface area (Å²) in [6.45, 7) is 9.32. The van der Waals surface area contributed by atoms with Crippen molar-refractivity contribution in [3.8, 4) is 0 Å². The second kappa shape index (κ2) is 8.02. The summed E-state index contributed by atoms with van der Waals surface area (Å²) in [5.74, 6) is 1.49. The number of carbonyl (C=O) groups is 1. The van der Waals surface area contributed by atoms with E-state index in [1.54, 1.807) is 0 Å². The Hall–Kier alpha value is -0.570. The maximum Gasteiger partial charge on any atom is 0.227 e. The quantitative estimate of drug-likeness (QED) is 0.751. The molecule has 1 rings (SSSR count). The second-order valence-corrected chi connectivity index (χ2v) is 6.83. The third kappa shape index (κ3) is 3.97. The van der Waals surface area contributed by atoms with Crippen LogP contribution in [0.5, 0.6) is 0 Å². The second-order valence-electron chi connectivity index (χ2n) is 6.83. The molecule has 1 aliphatic carbocycles. The van der Waals surface area contributed by atoms with Crippen LogP contribution in [-0.2, 0) is 4.79 Å². The van der Waals surface area contributed by atoms with Crippen molar-refractivity contribution < 1.29 is 4.79 Å². The van der Waals surface area contributed by atoms with Gasteiger partial charge in [-0.15, -0.1) is 0 Å². The monoisotopic (exact) mass is 282 g/mol. The Kier molecular flexibility index (Phi) is 7.01. The van der Waals surface area contributed by atoms with E-state index in [1.807, 2.05) is 0 Å². The summed E-state index contributed by atoms with van der Waals surface area (Å²) >= 11 is 0. The Morgan fingerprint density at radius 2 is 1.80 bits per heavy atom. The molecular formula is C17H34N2O. The van der Waals surface area contributed by atoms with Crippen molar-refractivity contribution in [1.82, 2.24) is 5.32 Å². The maximum absolute atomic E-state index is 12.8. The molecule has 3 unspecified atom stereocenters. The molecule has 1 saturated carbocycles. The predicted molar refractivity (Wildman–Crippen MR) is 85.4 cm³/mol. The fourth-order valence-corrected chi connectivity index (χ4v) is 3.71. The van der Waals surface area contributed by atoms with Gasteiger partial charge in [-0.1, -0.05) is 53.4 Å². The lowest BCUT2D eigenvalue weighted by Crippen LogP contribution is -2.52. The molecule has 0 spiro atoms. The molecule has 3 atom stereocenters. The van der Waals surface area contributed by atoms with Gasteiger partial charge in [-0.2, -0.15) is 0 Å². The standard InChI is InChI=1S/C17H34N2O/c1-5-10-17(12-18,11-6-2)16(20)19-15-9-7-8-13(3)14(15)4/h13-15H,5-12,18H2,1-4H3,(H,19,20). The summed E-state index contributed by atoms with van der Waals surface area (Å²) < 4.78 is 0. The van der Waals surface area contributed by atoms with Crippen molar-refractivity contribution in [2.45, 2.75) is 78.7 Å². The number of carbonyl (C=O) groups excluding carboxylic acids is 1. The van der Waals surface area contributed by atoms with Crippen LogP contribution in [0.15, 0.2) is 0 Å². The van der Waals surface area contributed by atoms with Gasteiger partial charge in [0.1, 0.15) is 0 Å². The first-order chi connectivity index (χ1) is 9.50. The largest absolute Gasteiger partial charge is 0.353 e. The molecule has 0 saturated heterocycles. The minimum atomic E-state index is -0.343. The first kappa shape index (κ1) is 17.5. The highest BCUT2D eigenvalue weighted by Gasteiger charge is 2.38. The molecule has 3 N–H and O–H groups in total. The Morgan fingerprint density at radius 1 is 1.20 bits per heavy atom. The van der Waals surface area contributed by atoms with Crippen molar-refractivity contribution in [3.05, 3.63) is 0 Å². The Morgan fingerprint density at radius 3 is 2.30 bits per heavy atom. The molecule has 3 nitrogen and oxygen atoms in total. The SMILES string of the molecule is CCCC(CN)(CCC)C(=O)NC1CCCC(C)C1C. The van der Waals surface area contributed by atoms with E-state index in [9.17, 15) is 4.79 Å². The van der Waals surface area contributed by atoms with E-state index in [0.717, 1.165) is 32.1 Å². The van der Waals surface area contributed by atoms with Crippen LogP contribution in [0.25, 0.3) is 0 Å². The fourth-order valence-electron chi connectivity index (χ4n) is 3.71. The van der Waals surface area contributed by atoms with Gasteiger partial charge in [0, 0.05) is 12.6 Å². The molecule has 3 heteroatoms. The lowest BCUT2D eigenvalue weighted by atomic mass is 9.75. The van der Waals surface area contributed by atoms with Gasteiger partial charge >= 0.3 is 0 Å². The van der Waals surface area contributed by atoms with Crippen LogP contribution in [0, 0.1) is 17.3 Å². The highest BCUT2D eigenvalue weighted by atomic mass is 16.2. The van der Waals surface area contributed by atoms with Crippen LogP contribution >= 0.6 is 0 Å². The van der Waals surface area contributed by atoms with E-state index in [1.165, 1.54) is 12.8 Å². The van der Waals surface area contributed by atoms with E-state index in [-0.39, 0.29) is 11.3 Å². The Labute approximate surface area is 125 Å². The van der Waals surface area contributed by atoms with Crippen LogP contribution in [0.3, 0.4) is 0 Å². The molecule has 0 radical (unpaired) electrons. The number of rotatable bonds is 7. The van der Waals surface area contributed by atoms with Crippen LogP contribution < -0.4 is 11.1 Å². The van der Waals surface area contributed by atoms with Crippen LogP contribution in [-0.4, -0.2) is 18.5 Å². The molecule has 1 fully saturated rings. The van der Waals surface area contributed by atoms with Crippen molar-refractivity contribution in [2.75, 3.05) is 6.54 Å². The molecule has 1 amide bonds. The average molecular weight is 282 g/mol. The summed E-state index contributed by atoms with van der Waals surface area (Å²) in [5, 5.41) is 3.34. The van der Waals surface area contributed by atoms with Gasteiger partial charge in [-0.3, -0.25) is 4.79 Å². The van der Waals surface area contributed by atoms with E-state index in [2.05, 4.69) is 33.0 Å². The molecule has 0 aromatic heterocycles. The van der Waals surface area contributed by atoms with Crippen LogP contribution in [0.1, 0.15) is 72.6 Å². The number of nitrogens with two attached hydrogens (primary N) is 1. The van der Waals surface area contributed by atoms with Gasteiger partial charge in [-0.05, 0) is 31.1 Å². The Bertz CT molecular complexity index is 297. The smallest absolute Gasteiger partial charge is 0.227 e. The van der Waals surface area contributed by atoms with Gasteiger partial charge in [0.05, 0.1) is 5.41 Å². The molecule has 118 valence electrons.